The summed E-state index contributed by atoms with van der Waals surface area (Å²) < 4.78 is 4.94. The van der Waals surface area contributed by atoms with Gasteiger partial charge in [-0.25, -0.2) is 4.79 Å². The quantitative estimate of drug-likeness (QED) is 0.492. The zero-order valence-corrected chi connectivity index (χ0v) is 18.9. The van der Waals surface area contributed by atoms with Gasteiger partial charge in [-0.15, -0.1) is 11.3 Å². The Balaban J connectivity index is 1.17. The van der Waals surface area contributed by atoms with Crippen molar-refractivity contribution in [3.63, 3.8) is 0 Å². The first-order valence-corrected chi connectivity index (χ1v) is 11.9. The molecule has 4 fully saturated rings. The molecule has 4 aliphatic rings. The highest BCUT2D eigenvalue weighted by Gasteiger charge is 2.51. The van der Waals surface area contributed by atoms with Crippen molar-refractivity contribution in [1.82, 2.24) is 10.6 Å². The second-order valence-corrected chi connectivity index (χ2v) is 11.1. The summed E-state index contributed by atoms with van der Waals surface area (Å²) in [5.41, 5.74) is 0.447. The minimum atomic E-state index is -0.661. The monoisotopic (exact) mass is 446 g/mol. The number of nitrogens with one attached hydrogen (secondary N) is 2. The molecule has 0 radical (unpaired) electrons. The molecule has 8 heteroatoms. The summed E-state index contributed by atoms with van der Waals surface area (Å²) in [6.07, 6.45) is 6.72. The van der Waals surface area contributed by atoms with Gasteiger partial charge in [0.25, 0.3) is 5.91 Å². The number of urea groups is 1. The highest BCUT2D eigenvalue weighted by Crippen LogP contribution is 2.55. The van der Waals surface area contributed by atoms with E-state index in [2.05, 4.69) is 10.6 Å². The molecule has 4 bridgehead atoms. The second kappa shape index (κ2) is 8.73. The predicted molar refractivity (Wildman–Crippen MR) is 116 cm³/mol. The number of amides is 3. The Labute approximate surface area is 186 Å². The molecule has 168 valence electrons. The number of thiophene rings is 1. The number of Topliss-reactive ketones (excluding diaryl/α,β-unsaturated/α-hetero) is 1. The number of hydrogen-bond donors (Lipinski definition) is 2. The molecule has 5 rings (SSSR count). The average molecular weight is 447 g/mol. The Kier molecular flexibility index (Phi) is 6.19. The van der Waals surface area contributed by atoms with Gasteiger partial charge < -0.3 is 10.1 Å². The van der Waals surface area contributed by atoms with Crippen molar-refractivity contribution >= 4 is 35.0 Å². The van der Waals surface area contributed by atoms with Crippen molar-refractivity contribution < 1.29 is 23.9 Å². The Hall–Kier alpha value is -2.22. The van der Waals surface area contributed by atoms with Crippen molar-refractivity contribution in [3.8, 4) is 0 Å². The van der Waals surface area contributed by atoms with E-state index in [-0.39, 0.29) is 24.2 Å². The summed E-state index contributed by atoms with van der Waals surface area (Å²) in [6, 6.07) is 1.31. The lowest BCUT2D eigenvalue weighted by Crippen LogP contribution is -2.62. The lowest BCUT2D eigenvalue weighted by atomic mass is 9.53. The molecule has 0 spiro atoms. The molecule has 0 unspecified atom stereocenters. The van der Waals surface area contributed by atoms with Gasteiger partial charge in [0.15, 0.2) is 12.4 Å². The van der Waals surface area contributed by atoms with E-state index < -0.39 is 24.5 Å². The van der Waals surface area contributed by atoms with E-state index in [4.69, 9.17) is 4.74 Å². The van der Waals surface area contributed by atoms with Gasteiger partial charge in [-0.2, -0.15) is 0 Å². The van der Waals surface area contributed by atoms with E-state index in [9.17, 15) is 19.2 Å². The number of carbonyl (C=O) groups excluding carboxylic acids is 4. The molecule has 31 heavy (non-hydrogen) atoms. The third-order valence-electron chi connectivity index (χ3n) is 6.93. The minimum Gasteiger partial charge on any atom is -0.456 e. The molecule has 0 aromatic carbocycles. The third-order valence-corrected chi connectivity index (χ3v) is 7.90. The summed E-state index contributed by atoms with van der Waals surface area (Å²) in [4.78, 5) is 50.5. The lowest BCUT2D eigenvalue weighted by Gasteiger charge is -2.56. The van der Waals surface area contributed by atoms with Crippen LogP contribution in [-0.4, -0.2) is 35.8 Å². The summed E-state index contributed by atoms with van der Waals surface area (Å²) >= 11 is 1.54. The molecule has 7 nitrogen and oxygen atoms in total. The molecular formula is C23H30N2O5S. The van der Waals surface area contributed by atoms with Crippen molar-refractivity contribution in [3.05, 3.63) is 21.4 Å². The van der Waals surface area contributed by atoms with Crippen molar-refractivity contribution in [2.45, 2.75) is 70.8 Å². The maximum atomic E-state index is 12.4. The van der Waals surface area contributed by atoms with Crippen LogP contribution in [0.15, 0.2) is 6.07 Å². The summed E-state index contributed by atoms with van der Waals surface area (Å²) in [5, 5.41) is 5.33. The zero-order valence-electron chi connectivity index (χ0n) is 18.1. The highest BCUT2D eigenvalue weighted by atomic mass is 32.1. The maximum absolute atomic E-state index is 12.4. The van der Waals surface area contributed by atoms with Crippen LogP contribution >= 0.6 is 11.3 Å². The highest BCUT2D eigenvalue weighted by molar-refractivity contribution is 7.12. The number of rotatable bonds is 7. The standard InChI is InChI=1S/C23H30N2O5S/c1-13-5-18(14(2)31-13)19(26)3-4-21(28)30-12-20(27)24-22(29)25-23-9-15-6-16(10-23)8-17(7-15)11-23/h5,15-17H,3-4,6-12H2,1-2H3,(H2,24,25,27,29). The fourth-order valence-electron chi connectivity index (χ4n) is 6.17. The van der Waals surface area contributed by atoms with Crippen molar-refractivity contribution in [2.75, 3.05) is 6.61 Å². The number of ether oxygens (including phenoxy) is 1. The van der Waals surface area contributed by atoms with Gasteiger partial charge in [0.2, 0.25) is 0 Å². The molecule has 0 atom stereocenters. The van der Waals surface area contributed by atoms with Crippen LogP contribution in [0.2, 0.25) is 0 Å². The summed E-state index contributed by atoms with van der Waals surface area (Å²) in [5.74, 6) is 0.659. The largest absolute Gasteiger partial charge is 0.456 e. The van der Waals surface area contributed by atoms with E-state index in [0.29, 0.717) is 23.3 Å². The first-order valence-electron chi connectivity index (χ1n) is 11.1. The van der Waals surface area contributed by atoms with E-state index in [1.807, 2.05) is 19.9 Å². The number of hydrogen-bond acceptors (Lipinski definition) is 6. The van der Waals surface area contributed by atoms with Gasteiger partial charge in [-0.05, 0) is 76.2 Å². The average Bonchev–Trinajstić information content (AvgIpc) is 3.01. The van der Waals surface area contributed by atoms with Gasteiger partial charge in [-0.1, -0.05) is 0 Å². The normalized spacial score (nSPS) is 28.3. The first-order chi connectivity index (χ1) is 14.7. The molecule has 1 heterocycles. The Bertz CT molecular complexity index is 870. The lowest BCUT2D eigenvalue weighted by molar-refractivity contribution is -0.148. The Morgan fingerprint density at radius 2 is 1.65 bits per heavy atom. The number of aryl methyl sites for hydroxylation is 2. The van der Waals surface area contributed by atoms with Gasteiger partial charge in [0.1, 0.15) is 0 Å². The molecule has 1 aromatic heterocycles. The van der Waals surface area contributed by atoms with E-state index in [1.165, 1.54) is 19.3 Å². The van der Waals surface area contributed by atoms with Crippen LogP contribution in [0.4, 0.5) is 4.79 Å². The van der Waals surface area contributed by atoms with Crippen LogP contribution in [0.25, 0.3) is 0 Å². The van der Waals surface area contributed by atoms with Crippen molar-refractivity contribution in [2.24, 2.45) is 17.8 Å². The Morgan fingerprint density at radius 3 is 2.19 bits per heavy atom. The molecule has 3 amide bonds. The van der Waals surface area contributed by atoms with Crippen LogP contribution in [0, 0.1) is 31.6 Å². The molecule has 0 saturated heterocycles. The zero-order chi connectivity index (χ0) is 22.2. The number of imide groups is 1. The first kappa shape index (κ1) is 22.0. The molecule has 2 N–H and O–H groups in total. The fourth-order valence-corrected chi connectivity index (χ4v) is 7.12. The van der Waals surface area contributed by atoms with Crippen molar-refractivity contribution in [1.29, 1.82) is 0 Å². The fraction of sp³-hybridized carbons (Fsp3) is 0.652. The number of esters is 1. The van der Waals surface area contributed by atoms with Crippen LogP contribution in [0.1, 0.15) is 71.5 Å². The third kappa shape index (κ3) is 5.17. The van der Waals surface area contributed by atoms with Gasteiger partial charge in [0.05, 0.1) is 6.42 Å². The molecule has 4 saturated carbocycles. The smallest absolute Gasteiger partial charge is 0.321 e. The molecular weight excluding hydrogens is 416 g/mol. The number of carbonyl (C=O) groups is 4. The number of ketones is 1. The Morgan fingerprint density at radius 1 is 1.03 bits per heavy atom. The molecule has 1 aromatic rings. The van der Waals surface area contributed by atoms with Crippen LogP contribution < -0.4 is 10.6 Å². The maximum Gasteiger partial charge on any atom is 0.321 e. The SMILES string of the molecule is Cc1cc(C(=O)CCC(=O)OCC(=O)NC(=O)NC23CC4CC(CC(C4)C2)C3)c(C)s1. The van der Waals surface area contributed by atoms with Gasteiger partial charge in [-0.3, -0.25) is 19.7 Å². The van der Waals surface area contributed by atoms with Gasteiger partial charge >= 0.3 is 12.0 Å². The predicted octanol–water partition coefficient (Wildman–Crippen LogP) is 3.67. The molecule has 4 aliphatic carbocycles. The van der Waals surface area contributed by atoms with E-state index >= 15 is 0 Å². The minimum absolute atomic E-state index is 0.0317. The summed E-state index contributed by atoms with van der Waals surface area (Å²) in [7, 11) is 0. The van der Waals surface area contributed by atoms with E-state index in [0.717, 1.165) is 29.0 Å². The topological polar surface area (TPSA) is 102 Å². The van der Waals surface area contributed by atoms with E-state index in [1.54, 1.807) is 11.3 Å². The van der Waals surface area contributed by atoms with Gasteiger partial charge in [0, 0.05) is 27.3 Å². The summed E-state index contributed by atoms with van der Waals surface area (Å²) in [6.45, 7) is 3.28. The second-order valence-electron chi connectivity index (χ2n) is 9.61. The van der Waals surface area contributed by atoms with Crippen LogP contribution in [0.5, 0.6) is 0 Å². The van der Waals surface area contributed by atoms with Crippen LogP contribution in [0.3, 0.4) is 0 Å². The van der Waals surface area contributed by atoms with Crippen LogP contribution in [-0.2, 0) is 14.3 Å². The molecule has 0 aliphatic heterocycles.